The van der Waals surface area contributed by atoms with Crippen LogP contribution in [0.2, 0.25) is 0 Å². The van der Waals surface area contributed by atoms with Gasteiger partial charge >= 0.3 is 5.97 Å². The third kappa shape index (κ3) is 12.3. The van der Waals surface area contributed by atoms with Crippen molar-refractivity contribution in [3.63, 3.8) is 0 Å². The summed E-state index contributed by atoms with van der Waals surface area (Å²) in [5.74, 6) is 0.117. The van der Waals surface area contributed by atoms with Crippen molar-refractivity contribution in [2.45, 2.75) is 70.5 Å². The maximum Gasteiger partial charge on any atom is 0.341 e. The van der Waals surface area contributed by atoms with Crippen molar-refractivity contribution in [1.29, 1.82) is 0 Å². The number of thioether (sulfide) groups is 1. The number of nitrogens with one attached hydrogen (secondary N) is 1. The standard InChI is InChI=1S/C30H43NO4S/c1-4-7-8-9-10-11-12-13-14-15-16-17-20-25-36-30(5-2,6-3)29(34)31-23-24-35-28(33)26-21-18-19-22-27(26)32/h7-8,10-11,13-14,16-19,21-22,32H,4-6,9,12,15,20,23-25H2,1-3H3,(H,31,34)/b8-7-,11-10-,14-13-,17-16-. The number of amides is 1. The normalized spacial score (nSPS) is 12.3. The Hall–Kier alpha value is -2.73. The minimum atomic E-state index is -0.605. The molecule has 0 unspecified atom stereocenters. The fourth-order valence-electron chi connectivity index (χ4n) is 3.45. The Morgan fingerprint density at radius 2 is 1.50 bits per heavy atom. The Balaban J connectivity index is 2.31. The molecule has 6 heteroatoms. The highest BCUT2D eigenvalue weighted by Crippen LogP contribution is 2.33. The molecule has 0 aliphatic heterocycles. The fourth-order valence-corrected chi connectivity index (χ4v) is 4.71. The number of carbonyl (C=O) groups is 2. The van der Waals surface area contributed by atoms with E-state index in [0.717, 1.165) is 50.7 Å². The highest BCUT2D eigenvalue weighted by molar-refractivity contribution is 8.01. The van der Waals surface area contributed by atoms with Gasteiger partial charge in [0.1, 0.15) is 17.9 Å². The summed E-state index contributed by atoms with van der Waals surface area (Å²) in [4.78, 5) is 25.0. The van der Waals surface area contributed by atoms with Crippen LogP contribution in [0.15, 0.2) is 72.9 Å². The summed E-state index contributed by atoms with van der Waals surface area (Å²) in [6.45, 7) is 6.49. The number of benzene rings is 1. The van der Waals surface area contributed by atoms with Gasteiger partial charge in [0.25, 0.3) is 0 Å². The Bertz CT molecular complexity index is 885. The molecule has 5 nitrogen and oxygen atoms in total. The lowest BCUT2D eigenvalue weighted by Crippen LogP contribution is -2.45. The van der Waals surface area contributed by atoms with Crippen molar-refractivity contribution in [2.24, 2.45) is 0 Å². The number of rotatable bonds is 18. The first-order valence-electron chi connectivity index (χ1n) is 13.0. The molecule has 0 spiro atoms. The van der Waals surface area contributed by atoms with Crippen LogP contribution in [0, 0.1) is 0 Å². The van der Waals surface area contributed by atoms with Gasteiger partial charge < -0.3 is 15.2 Å². The van der Waals surface area contributed by atoms with E-state index in [1.165, 1.54) is 12.1 Å². The second kappa shape index (κ2) is 19.5. The van der Waals surface area contributed by atoms with Crippen LogP contribution in [-0.4, -0.2) is 40.6 Å². The van der Waals surface area contributed by atoms with Gasteiger partial charge in [0, 0.05) is 0 Å². The van der Waals surface area contributed by atoms with Crippen molar-refractivity contribution in [3.8, 4) is 5.75 Å². The zero-order valence-corrected chi connectivity index (χ0v) is 22.9. The first kappa shape index (κ1) is 31.3. The minimum absolute atomic E-state index is 0.0266. The van der Waals surface area contributed by atoms with Gasteiger partial charge in [-0.15, -0.1) is 11.8 Å². The molecular formula is C30H43NO4S. The smallest absolute Gasteiger partial charge is 0.341 e. The third-order valence-electron chi connectivity index (χ3n) is 5.68. The van der Waals surface area contributed by atoms with Crippen LogP contribution >= 0.6 is 11.8 Å². The number of aromatic hydroxyl groups is 1. The average Bonchev–Trinajstić information content (AvgIpc) is 2.89. The molecule has 1 aromatic carbocycles. The van der Waals surface area contributed by atoms with Crippen LogP contribution in [0.3, 0.4) is 0 Å². The minimum Gasteiger partial charge on any atom is -0.507 e. The molecule has 0 atom stereocenters. The molecule has 0 aromatic heterocycles. The monoisotopic (exact) mass is 513 g/mol. The summed E-state index contributed by atoms with van der Waals surface area (Å²) in [7, 11) is 0. The molecule has 0 bridgehead atoms. The molecule has 0 fully saturated rings. The average molecular weight is 514 g/mol. The third-order valence-corrected chi connectivity index (χ3v) is 7.44. The van der Waals surface area contributed by atoms with E-state index in [9.17, 15) is 14.7 Å². The number of esters is 1. The van der Waals surface area contributed by atoms with E-state index >= 15 is 0 Å². The van der Waals surface area contributed by atoms with E-state index in [2.05, 4.69) is 60.8 Å². The van der Waals surface area contributed by atoms with E-state index in [4.69, 9.17) is 4.74 Å². The van der Waals surface area contributed by atoms with Crippen LogP contribution in [0.4, 0.5) is 0 Å². The zero-order valence-electron chi connectivity index (χ0n) is 22.1. The molecule has 1 rings (SSSR count). The fraction of sp³-hybridized carbons (Fsp3) is 0.467. The number of ether oxygens (including phenoxy) is 1. The lowest BCUT2D eigenvalue weighted by molar-refractivity contribution is -0.123. The number of hydrogen-bond acceptors (Lipinski definition) is 5. The molecule has 0 saturated carbocycles. The molecule has 0 saturated heterocycles. The van der Waals surface area contributed by atoms with E-state index < -0.39 is 10.7 Å². The summed E-state index contributed by atoms with van der Waals surface area (Å²) >= 11 is 1.69. The summed E-state index contributed by atoms with van der Waals surface area (Å²) in [5, 5.41) is 12.6. The highest BCUT2D eigenvalue weighted by Gasteiger charge is 2.34. The Kier molecular flexibility index (Phi) is 16.9. The summed E-state index contributed by atoms with van der Waals surface area (Å²) in [6.07, 6.45) is 23.8. The molecule has 0 heterocycles. The number of phenols is 1. The van der Waals surface area contributed by atoms with Gasteiger partial charge in [-0.3, -0.25) is 4.79 Å². The van der Waals surface area contributed by atoms with Crippen LogP contribution in [0.5, 0.6) is 5.75 Å². The number of hydrogen-bond donors (Lipinski definition) is 2. The molecule has 2 N–H and O–H groups in total. The lowest BCUT2D eigenvalue weighted by Gasteiger charge is -2.29. The summed E-state index contributed by atoms with van der Waals surface area (Å²) in [6, 6.07) is 6.24. The number of phenolic OH excluding ortho intramolecular Hbond substituents is 1. The van der Waals surface area contributed by atoms with Gasteiger partial charge in [-0.25, -0.2) is 4.79 Å². The lowest BCUT2D eigenvalue weighted by atomic mass is 10.0. The molecule has 0 radical (unpaired) electrons. The van der Waals surface area contributed by atoms with Crippen molar-refractivity contribution >= 4 is 23.6 Å². The Morgan fingerprint density at radius 1 is 0.917 bits per heavy atom. The van der Waals surface area contributed by atoms with Gasteiger partial charge in [-0.1, -0.05) is 81.5 Å². The van der Waals surface area contributed by atoms with Crippen molar-refractivity contribution in [2.75, 3.05) is 18.9 Å². The van der Waals surface area contributed by atoms with E-state index in [1.54, 1.807) is 23.9 Å². The second-order valence-electron chi connectivity index (χ2n) is 8.25. The molecule has 1 amide bonds. The van der Waals surface area contributed by atoms with Gasteiger partial charge in [-0.05, 0) is 62.8 Å². The van der Waals surface area contributed by atoms with E-state index in [1.807, 2.05) is 13.8 Å². The number of carbonyl (C=O) groups excluding carboxylic acids is 2. The predicted octanol–water partition coefficient (Wildman–Crippen LogP) is 7.15. The SMILES string of the molecule is CC/C=C\C/C=C\C/C=C\C/C=C\CCSC(CC)(CC)C(=O)NCCOC(=O)c1ccccc1O. The summed E-state index contributed by atoms with van der Waals surface area (Å²) < 4.78 is 4.69. The van der Waals surface area contributed by atoms with Crippen LogP contribution in [-0.2, 0) is 9.53 Å². The first-order valence-corrected chi connectivity index (χ1v) is 14.0. The van der Waals surface area contributed by atoms with Crippen molar-refractivity contribution < 1.29 is 19.4 Å². The van der Waals surface area contributed by atoms with Crippen LogP contribution in [0.1, 0.15) is 76.1 Å². The summed E-state index contributed by atoms with van der Waals surface area (Å²) in [5.41, 5.74) is 0.117. The number of para-hydroxylation sites is 1. The highest BCUT2D eigenvalue weighted by atomic mass is 32.2. The molecular weight excluding hydrogens is 470 g/mol. The largest absolute Gasteiger partial charge is 0.507 e. The first-order chi connectivity index (χ1) is 17.5. The zero-order chi connectivity index (χ0) is 26.5. The van der Waals surface area contributed by atoms with Crippen molar-refractivity contribution in [1.82, 2.24) is 5.32 Å². The maximum atomic E-state index is 12.9. The molecule has 0 aliphatic rings. The second-order valence-corrected chi connectivity index (χ2v) is 9.73. The molecule has 36 heavy (non-hydrogen) atoms. The van der Waals surface area contributed by atoms with Gasteiger partial charge in [-0.2, -0.15) is 0 Å². The van der Waals surface area contributed by atoms with Crippen LogP contribution < -0.4 is 5.32 Å². The Labute approximate surface area is 221 Å². The van der Waals surface area contributed by atoms with E-state index in [0.29, 0.717) is 0 Å². The quantitative estimate of drug-likeness (QED) is 0.124. The van der Waals surface area contributed by atoms with E-state index in [-0.39, 0.29) is 30.4 Å². The molecule has 198 valence electrons. The Morgan fingerprint density at radius 3 is 2.08 bits per heavy atom. The topological polar surface area (TPSA) is 75.6 Å². The predicted molar refractivity (Wildman–Crippen MR) is 152 cm³/mol. The van der Waals surface area contributed by atoms with Gasteiger partial charge in [0.2, 0.25) is 5.91 Å². The van der Waals surface area contributed by atoms with Crippen LogP contribution in [0.25, 0.3) is 0 Å². The van der Waals surface area contributed by atoms with Gasteiger partial charge in [0.15, 0.2) is 0 Å². The number of allylic oxidation sites excluding steroid dienone is 8. The maximum absolute atomic E-state index is 12.9. The van der Waals surface area contributed by atoms with Crippen molar-refractivity contribution in [3.05, 3.63) is 78.4 Å². The molecule has 1 aromatic rings. The molecule has 0 aliphatic carbocycles. The van der Waals surface area contributed by atoms with Gasteiger partial charge in [0.05, 0.1) is 11.3 Å².